The van der Waals surface area contributed by atoms with E-state index in [1.165, 1.54) is 43.6 Å². The number of hydrogen-bond acceptors (Lipinski definition) is 29. The summed E-state index contributed by atoms with van der Waals surface area (Å²) in [6.45, 7) is 22.3. The van der Waals surface area contributed by atoms with Crippen molar-refractivity contribution in [1.82, 2.24) is 54.7 Å². The summed E-state index contributed by atoms with van der Waals surface area (Å²) in [4.78, 5) is 91.5. The van der Waals surface area contributed by atoms with Crippen molar-refractivity contribution in [2.45, 2.75) is 175 Å². The van der Waals surface area contributed by atoms with E-state index >= 15 is 0 Å². The minimum absolute atomic E-state index is 0. The van der Waals surface area contributed by atoms with Gasteiger partial charge in [-0.15, -0.1) is 4.52 Å². The number of carbonyl (C=O) groups is 2. The minimum Gasteiger partial charge on any atom is -0.566 e. The van der Waals surface area contributed by atoms with Gasteiger partial charge in [0.1, 0.15) is 72.7 Å². The summed E-state index contributed by atoms with van der Waals surface area (Å²) in [7, 11) is -6.80. The molecule has 5 aliphatic rings. The van der Waals surface area contributed by atoms with E-state index in [1.54, 1.807) is 42.8 Å². The number of rotatable bonds is 25. The van der Waals surface area contributed by atoms with E-state index in [-0.39, 0.29) is 77.4 Å². The van der Waals surface area contributed by atoms with Crippen LogP contribution in [0.2, 0.25) is 0 Å². The van der Waals surface area contributed by atoms with Crippen molar-refractivity contribution >= 4 is 61.4 Å². The number of aliphatic hydroxyl groups excluding tert-OH is 4. The molecule has 562 valence electrons. The lowest BCUT2D eigenvalue weighted by atomic mass is 9.78. The molecule has 1 aromatic carbocycles. The van der Waals surface area contributed by atoms with Crippen molar-refractivity contribution in [2.24, 2.45) is 22.2 Å². The van der Waals surface area contributed by atoms with Crippen molar-refractivity contribution in [1.29, 1.82) is 0 Å². The molecule has 9 heterocycles. The van der Waals surface area contributed by atoms with Crippen LogP contribution in [0.5, 0.6) is 0 Å². The van der Waals surface area contributed by atoms with Gasteiger partial charge in [-0.3, -0.25) is 32.3 Å². The predicted octanol–water partition coefficient (Wildman–Crippen LogP) is 4.40. The second-order valence-corrected chi connectivity index (χ2v) is 31.8. The van der Waals surface area contributed by atoms with Gasteiger partial charge in [0.15, 0.2) is 28.5 Å². The van der Waals surface area contributed by atoms with Crippen molar-refractivity contribution < 1.29 is 82.0 Å². The molecular weight excluding hydrogens is 1400 g/mol. The number of nitrogens with zero attached hydrogens (tertiary/aromatic N) is 11. The molecule has 101 heavy (non-hydrogen) atoms. The molecule has 37 heteroatoms. The molecule has 0 bridgehead atoms. The van der Waals surface area contributed by atoms with E-state index in [9.17, 15) is 68.6 Å². The van der Waals surface area contributed by atoms with Gasteiger partial charge >= 0.3 is 33.1 Å². The Balaban J connectivity index is 0.000000232. The molecule has 10 rings (SSSR count). The van der Waals surface area contributed by atoms with Crippen LogP contribution in [-0.2, 0) is 53.0 Å². The van der Waals surface area contributed by atoms with Crippen LogP contribution in [0.15, 0.2) is 94.2 Å². The van der Waals surface area contributed by atoms with Gasteiger partial charge in [-0.05, 0) is 101 Å². The summed E-state index contributed by atoms with van der Waals surface area (Å²) in [5.74, 6) is 2.49. The minimum atomic E-state index is -4.02. The average Bonchev–Trinajstić information content (AvgIpc) is 1.64. The number of carbonyl (C=O) groups excluding carboxylic acids is 2. The van der Waals surface area contributed by atoms with E-state index in [0.717, 1.165) is 96.5 Å². The number of anilines is 2. The van der Waals surface area contributed by atoms with E-state index in [4.69, 9.17) is 23.3 Å². The number of thioether (sulfide) groups is 2. The van der Waals surface area contributed by atoms with Crippen LogP contribution in [0.3, 0.4) is 0 Å². The molecule has 0 amide bonds. The van der Waals surface area contributed by atoms with Crippen molar-refractivity contribution in [2.75, 3.05) is 80.5 Å². The largest absolute Gasteiger partial charge is 0.566 e. The molecule has 0 radical (unpaired) electrons. The highest BCUT2D eigenvalue weighted by atomic mass is 32.2. The second kappa shape index (κ2) is 36.9. The monoisotopic (exact) mass is 1500 g/mol. The lowest BCUT2D eigenvalue weighted by molar-refractivity contribution is -0.185. The SMILES string of the molecule is CC(C)(CO)C(=O)SCCOP(=O)(NCc1ccccc1)OC[C@H]1O[C@@H](n2ccc(N3CCCC3)nc2=O)[C@](C)(O)[C@@H]1O.CCC(C)(C)C(=O)SCCO[P+](=O)[O-].C[C@@H]1[C@@H](C)O[C@@H](n2ccc(-n3cncn3)nc2=O)C1(C)C.C[C@@]1(O)[C@H](O)[C@@H](CO)O[C@H]1n1ccc(N2CCCC2)nc1=O.[NH4+]. The average molecular weight is 1500 g/mol. The molecule has 33 nitrogen and oxygen atoms in total. The standard InChI is InChI=1S/C28H41N4O9PS.C14H19N5O2.C14H21N3O5.C8H15O4PS.H3N/c1-27(2,19-33)25(35)43-16-15-39-42(38,29-17-20-9-5-4-6-10-20)40-18-21-23(34)28(3,37)24(41-21)32-14-11-22(30-26(32)36)31-12-7-8-13-31;1-9-10(2)21-12(14(9,3)4)18-6-5-11(17-13(18)20)19-8-15-7-16-19;1-14(21)11(19)9(8-18)22-12(14)17-7-4-10(15-13(17)20)16-5-2-3-6-16;1-4-8(2,3)7(9)14-6-5-12-13(10)11;/h4-6,9-11,14,21,23-24,33-34,37H,7-8,12-13,15-19H2,1-3H3,(H,29,38);5-10,12H,1-4H3;4,7,9,11-12,18-19,21H,2-3,5-6,8H2,1H3;4-6H2,1-3H3;1H3/p+1/t21-,23-,24-,28-,42?;9-,10-,12-;9-,11-,12-,14-;;/m111../s1. The topological polar surface area (TPSA) is 458 Å². The molecular formula is C64H100N13O20P2S2+. The summed E-state index contributed by atoms with van der Waals surface area (Å²) < 4.78 is 61.9. The third-order valence-electron chi connectivity index (χ3n) is 18.5. The predicted molar refractivity (Wildman–Crippen MR) is 376 cm³/mol. The number of quaternary nitrogens is 1. The van der Waals surface area contributed by atoms with Crippen LogP contribution in [0.1, 0.15) is 133 Å². The molecule has 13 atom stereocenters. The lowest BCUT2D eigenvalue weighted by Gasteiger charge is -2.29. The molecule has 0 spiro atoms. The molecule has 2 unspecified atom stereocenters. The zero-order valence-corrected chi connectivity index (χ0v) is 62.7. The van der Waals surface area contributed by atoms with Gasteiger partial charge < -0.3 is 65.7 Å². The molecule has 5 aromatic rings. The van der Waals surface area contributed by atoms with E-state index in [0.29, 0.717) is 29.1 Å². The van der Waals surface area contributed by atoms with Crippen molar-refractivity contribution in [3.63, 3.8) is 0 Å². The maximum Gasteiger partial charge on any atom is 0.488 e. The quantitative estimate of drug-likeness (QED) is 0.0296. The fourth-order valence-electron chi connectivity index (χ4n) is 11.2. The van der Waals surface area contributed by atoms with Gasteiger partial charge in [0.05, 0.1) is 37.9 Å². The fraction of sp³-hybridized carbons (Fsp3) is 0.656. The molecule has 5 saturated heterocycles. The molecule has 5 aliphatic heterocycles. The zero-order valence-electron chi connectivity index (χ0n) is 59.3. The highest BCUT2D eigenvalue weighted by molar-refractivity contribution is 8.14. The summed E-state index contributed by atoms with van der Waals surface area (Å²) in [6, 6.07) is 14.3. The number of benzene rings is 1. The Bertz CT molecular complexity index is 3730. The van der Waals surface area contributed by atoms with Gasteiger partial charge in [-0.2, -0.15) is 20.1 Å². The van der Waals surface area contributed by atoms with Gasteiger partial charge in [0, 0.05) is 73.7 Å². The first-order valence-electron chi connectivity index (χ1n) is 33.0. The third kappa shape index (κ3) is 21.5. The van der Waals surface area contributed by atoms with Crippen LogP contribution >= 0.6 is 39.5 Å². The van der Waals surface area contributed by atoms with Crippen LogP contribution in [0.4, 0.5) is 11.6 Å². The number of nitrogens with one attached hydrogen (secondary N) is 1. The van der Waals surface area contributed by atoms with Crippen LogP contribution in [-0.4, -0.2) is 197 Å². The van der Waals surface area contributed by atoms with Gasteiger partial charge in [-0.25, -0.2) is 33.7 Å². The molecule has 11 N–H and O–H groups in total. The summed E-state index contributed by atoms with van der Waals surface area (Å²) in [5.41, 5.74) is -5.72. The van der Waals surface area contributed by atoms with Crippen LogP contribution in [0, 0.1) is 22.2 Å². The Morgan fingerprint density at radius 2 is 1.19 bits per heavy atom. The Kier molecular flexibility index (Phi) is 30.8. The van der Waals surface area contributed by atoms with Crippen molar-refractivity contribution in [3.05, 3.63) is 117 Å². The normalized spacial score (nSPS) is 26.2. The first kappa shape index (κ1) is 84.3. The van der Waals surface area contributed by atoms with E-state index in [2.05, 4.69) is 55.4 Å². The van der Waals surface area contributed by atoms with Gasteiger partial charge in [0.2, 0.25) is 0 Å². The molecule has 0 aliphatic carbocycles. The molecule has 4 aromatic heterocycles. The Hall–Kier alpha value is -5.63. The summed E-state index contributed by atoms with van der Waals surface area (Å²) in [6.07, 6.45) is 5.11. The molecule has 0 saturated carbocycles. The Morgan fingerprint density at radius 1 is 0.713 bits per heavy atom. The molecule has 5 fully saturated rings. The highest BCUT2D eigenvalue weighted by Crippen LogP contribution is 2.49. The summed E-state index contributed by atoms with van der Waals surface area (Å²) >= 11 is 2.07. The van der Waals surface area contributed by atoms with Gasteiger partial charge in [-0.1, -0.05) is 95.4 Å². The number of ether oxygens (including phenoxy) is 3. The lowest BCUT2D eigenvalue weighted by Crippen LogP contribution is -2.46. The first-order valence-corrected chi connectivity index (χ1v) is 37.6. The Morgan fingerprint density at radius 3 is 1.63 bits per heavy atom. The number of hydrogen-bond donors (Lipinski definition) is 8. The van der Waals surface area contributed by atoms with E-state index < -0.39 is 94.1 Å². The number of aliphatic hydroxyl groups is 6. The Labute approximate surface area is 595 Å². The zero-order chi connectivity index (χ0) is 73.5. The first-order chi connectivity index (χ1) is 47.1. The highest BCUT2D eigenvalue weighted by Gasteiger charge is 2.55. The fourth-order valence-corrected chi connectivity index (χ4v) is 14.7. The van der Waals surface area contributed by atoms with E-state index in [1.807, 2.05) is 67.8 Å². The van der Waals surface area contributed by atoms with Gasteiger partial charge in [0.25, 0.3) is 0 Å². The number of aromatic nitrogens is 9. The van der Waals surface area contributed by atoms with Crippen molar-refractivity contribution in [3.8, 4) is 5.82 Å². The van der Waals surface area contributed by atoms with Crippen LogP contribution in [0.25, 0.3) is 5.82 Å². The maximum absolute atomic E-state index is 13.7. The second-order valence-electron chi connectivity index (χ2n) is 27.1. The maximum atomic E-state index is 13.7. The van der Waals surface area contributed by atoms with Crippen LogP contribution < -0.4 is 43.0 Å². The smallest absolute Gasteiger partial charge is 0.488 e. The summed E-state index contributed by atoms with van der Waals surface area (Å²) in [5, 5.41) is 67.7. The third-order valence-corrected chi connectivity index (χ3v) is 22.8.